The summed E-state index contributed by atoms with van der Waals surface area (Å²) in [7, 11) is 0. The lowest BCUT2D eigenvalue weighted by Gasteiger charge is -2.32. The van der Waals surface area contributed by atoms with Gasteiger partial charge in [0.05, 0.1) is 12.7 Å². The van der Waals surface area contributed by atoms with Gasteiger partial charge in [-0.05, 0) is 25.2 Å². The fraction of sp³-hybridized carbons (Fsp3) is 1.00. The van der Waals surface area contributed by atoms with Gasteiger partial charge in [-0.1, -0.05) is 13.3 Å². The number of aliphatic hydroxyl groups excluding tert-OH is 2. The van der Waals surface area contributed by atoms with Gasteiger partial charge in [0.1, 0.15) is 0 Å². The van der Waals surface area contributed by atoms with Crippen molar-refractivity contribution in [2.24, 2.45) is 11.8 Å². The first-order chi connectivity index (χ1) is 6.81. The molecule has 0 aliphatic carbocycles. The molecular formula is C11H22O3. The van der Waals surface area contributed by atoms with Crippen molar-refractivity contribution in [3.63, 3.8) is 0 Å². The fourth-order valence-electron chi connectivity index (χ4n) is 2.10. The molecule has 14 heavy (non-hydrogen) atoms. The van der Waals surface area contributed by atoms with Gasteiger partial charge in [-0.25, -0.2) is 0 Å². The second-order valence-corrected chi connectivity index (χ2v) is 4.21. The lowest BCUT2D eigenvalue weighted by Crippen LogP contribution is -2.33. The highest BCUT2D eigenvalue weighted by molar-refractivity contribution is 4.75. The minimum absolute atomic E-state index is 0.0116. The van der Waals surface area contributed by atoms with E-state index in [1.807, 2.05) is 0 Å². The quantitative estimate of drug-likeness (QED) is 0.704. The van der Waals surface area contributed by atoms with E-state index in [1.54, 1.807) is 0 Å². The SMILES string of the molecule is CCCC1CCC(C(CO)CO)CO1. The zero-order valence-corrected chi connectivity index (χ0v) is 8.98. The Balaban J connectivity index is 2.27. The van der Waals surface area contributed by atoms with E-state index in [1.165, 1.54) is 6.42 Å². The van der Waals surface area contributed by atoms with Crippen LogP contribution in [0, 0.1) is 11.8 Å². The van der Waals surface area contributed by atoms with E-state index < -0.39 is 0 Å². The van der Waals surface area contributed by atoms with Gasteiger partial charge >= 0.3 is 0 Å². The number of hydrogen-bond donors (Lipinski definition) is 2. The Hall–Kier alpha value is -0.120. The number of rotatable bonds is 5. The lowest BCUT2D eigenvalue weighted by atomic mass is 9.86. The highest BCUT2D eigenvalue weighted by Crippen LogP contribution is 2.26. The van der Waals surface area contributed by atoms with Crippen LogP contribution in [0.2, 0.25) is 0 Å². The molecule has 0 spiro atoms. The van der Waals surface area contributed by atoms with Gasteiger partial charge in [-0.15, -0.1) is 0 Å². The molecule has 1 saturated heterocycles. The Morgan fingerprint density at radius 3 is 2.43 bits per heavy atom. The molecular weight excluding hydrogens is 180 g/mol. The summed E-state index contributed by atoms with van der Waals surface area (Å²) in [5, 5.41) is 18.1. The molecule has 2 unspecified atom stereocenters. The summed E-state index contributed by atoms with van der Waals surface area (Å²) in [5.41, 5.74) is 0. The standard InChI is InChI=1S/C11H22O3/c1-2-3-11-5-4-9(8-14-11)10(6-12)7-13/h9-13H,2-8H2,1H3. The van der Waals surface area contributed by atoms with Crippen LogP contribution in [-0.2, 0) is 4.74 Å². The summed E-state index contributed by atoms with van der Waals surface area (Å²) in [5.74, 6) is 0.357. The summed E-state index contributed by atoms with van der Waals surface area (Å²) >= 11 is 0. The molecule has 0 amide bonds. The molecule has 0 aromatic carbocycles. The van der Waals surface area contributed by atoms with Crippen molar-refractivity contribution in [2.45, 2.75) is 38.7 Å². The first-order valence-electron chi connectivity index (χ1n) is 5.65. The van der Waals surface area contributed by atoms with Gasteiger partial charge in [0, 0.05) is 19.1 Å². The van der Waals surface area contributed by atoms with Gasteiger partial charge in [-0.3, -0.25) is 0 Å². The van der Waals surface area contributed by atoms with Crippen molar-refractivity contribution in [3.8, 4) is 0 Å². The molecule has 2 atom stereocenters. The van der Waals surface area contributed by atoms with Crippen LogP contribution in [0.4, 0.5) is 0 Å². The minimum Gasteiger partial charge on any atom is -0.396 e. The van der Waals surface area contributed by atoms with Gasteiger partial charge in [0.15, 0.2) is 0 Å². The van der Waals surface area contributed by atoms with Gasteiger partial charge in [0.2, 0.25) is 0 Å². The number of ether oxygens (including phenoxy) is 1. The molecule has 0 saturated carbocycles. The van der Waals surface area contributed by atoms with E-state index in [2.05, 4.69) is 6.92 Å². The molecule has 0 aromatic heterocycles. The molecule has 2 N–H and O–H groups in total. The second kappa shape index (κ2) is 6.38. The third-order valence-electron chi connectivity index (χ3n) is 3.15. The molecule has 1 aliphatic heterocycles. The monoisotopic (exact) mass is 202 g/mol. The summed E-state index contributed by atoms with van der Waals surface area (Å²) in [6, 6.07) is 0. The van der Waals surface area contributed by atoms with Crippen LogP contribution in [0.3, 0.4) is 0 Å². The maximum absolute atomic E-state index is 9.03. The molecule has 0 aromatic rings. The Morgan fingerprint density at radius 1 is 1.29 bits per heavy atom. The molecule has 1 rings (SSSR count). The summed E-state index contributed by atoms with van der Waals surface area (Å²) in [6.45, 7) is 3.02. The molecule has 3 heteroatoms. The maximum Gasteiger partial charge on any atom is 0.0575 e. The predicted octanol–water partition coefficient (Wildman–Crippen LogP) is 1.18. The average Bonchev–Trinajstić information content (AvgIpc) is 2.23. The largest absolute Gasteiger partial charge is 0.396 e. The lowest BCUT2D eigenvalue weighted by molar-refractivity contribution is -0.0510. The van der Waals surface area contributed by atoms with E-state index in [0.29, 0.717) is 18.6 Å². The van der Waals surface area contributed by atoms with E-state index >= 15 is 0 Å². The topological polar surface area (TPSA) is 49.7 Å². The molecule has 1 fully saturated rings. The maximum atomic E-state index is 9.03. The van der Waals surface area contributed by atoms with Crippen LogP contribution in [0.5, 0.6) is 0 Å². The normalized spacial score (nSPS) is 28.3. The smallest absolute Gasteiger partial charge is 0.0575 e. The zero-order valence-electron chi connectivity index (χ0n) is 8.98. The Bertz CT molecular complexity index is 137. The van der Waals surface area contributed by atoms with Crippen molar-refractivity contribution in [1.82, 2.24) is 0 Å². The highest BCUT2D eigenvalue weighted by Gasteiger charge is 2.26. The summed E-state index contributed by atoms with van der Waals surface area (Å²) in [4.78, 5) is 0. The van der Waals surface area contributed by atoms with Gasteiger partial charge in [0.25, 0.3) is 0 Å². The van der Waals surface area contributed by atoms with Crippen molar-refractivity contribution < 1.29 is 14.9 Å². The zero-order chi connectivity index (χ0) is 10.4. The Kier molecular flexibility index (Phi) is 5.45. The minimum atomic E-state index is 0.0116. The van der Waals surface area contributed by atoms with Crippen LogP contribution < -0.4 is 0 Å². The molecule has 0 bridgehead atoms. The second-order valence-electron chi connectivity index (χ2n) is 4.21. The molecule has 1 heterocycles. The van der Waals surface area contributed by atoms with Crippen LogP contribution in [0.25, 0.3) is 0 Å². The number of aliphatic hydroxyl groups is 2. The van der Waals surface area contributed by atoms with Crippen molar-refractivity contribution in [3.05, 3.63) is 0 Å². The van der Waals surface area contributed by atoms with Crippen LogP contribution in [-0.4, -0.2) is 36.1 Å². The summed E-state index contributed by atoms with van der Waals surface area (Å²) < 4.78 is 5.69. The average molecular weight is 202 g/mol. The first kappa shape index (κ1) is 12.0. The van der Waals surface area contributed by atoms with E-state index in [9.17, 15) is 0 Å². The summed E-state index contributed by atoms with van der Waals surface area (Å²) in [6.07, 6.45) is 4.87. The van der Waals surface area contributed by atoms with Crippen LogP contribution in [0.1, 0.15) is 32.6 Å². The Labute approximate surface area is 86.1 Å². The fourth-order valence-corrected chi connectivity index (χ4v) is 2.10. The number of hydrogen-bond acceptors (Lipinski definition) is 3. The van der Waals surface area contributed by atoms with Crippen molar-refractivity contribution >= 4 is 0 Å². The third-order valence-corrected chi connectivity index (χ3v) is 3.15. The van der Waals surface area contributed by atoms with E-state index in [0.717, 1.165) is 19.3 Å². The van der Waals surface area contributed by atoms with Gasteiger partial charge < -0.3 is 14.9 Å². The third kappa shape index (κ3) is 3.23. The van der Waals surface area contributed by atoms with Crippen LogP contribution in [0.15, 0.2) is 0 Å². The highest BCUT2D eigenvalue weighted by atomic mass is 16.5. The molecule has 0 radical (unpaired) electrons. The molecule has 3 nitrogen and oxygen atoms in total. The van der Waals surface area contributed by atoms with E-state index in [-0.39, 0.29) is 19.1 Å². The molecule has 1 aliphatic rings. The predicted molar refractivity (Wildman–Crippen MR) is 55.0 cm³/mol. The first-order valence-corrected chi connectivity index (χ1v) is 5.65. The van der Waals surface area contributed by atoms with E-state index in [4.69, 9.17) is 14.9 Å². The Morgan fingerprint density at radius 2 is 2.00 bits per heavy atom. The van der Waals surface area contributed by atoms with Crippen molar-refractivity contribution in [1.29, 1.82) is 0 Å². The molecule has 84 valence electrons. The van der Waals surface area contributed by atoms with Gasteiger partial charge in [-0.2, -0.15) is 0 Å². The van der Waals surface area contributed by atoms with Crippen molar-refractivity contribution in [2.75, 3.05) is 19.8 Å². The van der Waals surface area contributed by atoms with Crippen LogP contribution >= 0.6 is 0 Å².